The maximum atomic E-state index is 2.58. The third kappa shape index (κ3) is 3.94. The highest BCUT2D eigenvalue weighted by atomic mass is 15.2. The summed E-state index contributed by atoms with van der Waals surface area (Å²) < 4.78 is 0. The second-order valence-electron chi connectivity index (χ2n) is 12.7. The number of aryl methyl sites for hydroxylation is 3. The molecule has 2 nitrogen and oxygen atoms in total. The minimum atomic E-state index is 0.184. The van der Waals surface area contributed by atoms with Crippen LogP contribution in [0.2, 0.25) is 0 Å². The van der Waals surface area contributed by atoms with E-state index in [0.29, 0.717) is 5.92 Å². The predicted octanol–water partition coefficient (Wildman–Crippen LogP) is 8.74. The van der Waals surface area contributed by atoms with Crippen molar-refractivity contribution in [2.75, 3.05) is 9.80 Å². The molecule has 1 saturated carbocycles. The van der Waals surface area contributed by atoms with Gasteiger partial charge in [-0.15, -0.1) is 0 Å². The van der Waals surface area contributed by atoms with Crippen LogP contribution in [0.25, 0.3) is 0 Å². The lowest BCUT2D eigenvalue weighted by molar-refractivity contribution is 0.444. The molecule has 0 spiro atoms. The van der Waals surface area contributed by atoms with Crippen LogP contribution in [0.15, 0.2) is 103 Å². The van der Waals surface area contributed by atoms with Crippen LogP contribution in [0.5, 0.6) is 0 Å². The normalized spacial score (nSPS) is 15.7. The molecule has 0 bridgehead atoms. The van der Waals surface area contributed by atoms with Crippen molar-refractivity contribution in [2.45, 2.75) is 58.8 Å². The third-order valence-electron chi connectivity index (χ3n) is 9.84. The van der Waals surface area contributed by atoms with Gasteiger partial charge in [0, 0.05) is 34.1 Å². The molecule has 42 heavy (non-hydrogen) atoms. The molecule has 3 aliphatic rings. The highest BCUT2D eigenvalue weighted by molar-refractivity contribution is 7.00. The molecule has 0 amide bonds. The Balaban J connectivity index is 1.48. The first kappa shape index (κ1) is 25.5. The van der Waals surface area contributed by atoms with Crippen LogP contribution in [0.3, 0.4) is 0 Å². The van der Waals surface area contributed by atoms with Crippen LogP contribution >= 0.6 is 0 Å². The lowest BCUT2D eigenvalue weighted by Crippen LogP contribution is -2.61. The van der Waals surface area contributed by atoms with E-state index in [-0.39, 0.29) is 6.71 Å². The van der Waals surface area contributed by atoms with Crippen molar-refractivity contribution in [1.82, 2.24) is 0 Å². The number of benzene rings is 5. The van der Waals surface area contributed by atoms with Crippen molar-refractivity contribution in [3.63, 3.8) is 0 Å². The molecule has 1 fully saturated rings. The zero-order valence-corrected chi connectivity index (χ0v) is 24.9. The smallest absolute Gasteiger partial charge is 0.252 e. The fourth-order valence-electron chi connectivity index (χ4n) is 7.92. The SMILES string of the molecule is Cc1ccc(N2c3ccccc3B3c4ccc(C)cc4N(c4ccccc4)c4cc(C5CCCCC5)cc2c43)c(C)c1. The molecule has 2 aliphatic heterocycles. The van der Waals surface area contributed by atoms with Gasteiger partial charge in [0.2, 0.25) is 0 Å². The summed E-state index contributed by atoms with van der Waals surface area (Å²) >= 11 is 0. The van der Waals surface area contributed by atoms with E-state index < -0.39 is 0 Å². The highest BCUT2D eigenvalue weighted by Gasteiger charge is 2.43. The van der Waals surface area contributed by atoms with Gasteiger partial charge in [-0.2, -0.15) is 0 Å². The van der Waals surface area contributed by atoms with Gasteiger partial charge in [-0.1, -0.05) is 85.5 Å². The molecule has 0 unspecified atom stereocenters. The summed E-state index contributed by atoms with van der Waals surface area (Å²) in [5.74, 6) is 0.605. The Hall–Kier alpha value is -4.24. The third-order valence-corrected chi connectivity index (χ3v) is 9.84. The summed E-state index contributed by atoms with van der Waals surface area (Å²) in [6.45, 7) is 6.87. The Morgan fingerprint density at radius 1 is 0.548 bits per heavy atom. The standard InChI is InChI=1S/C39H37BN2/c1-26-19-21-34(28(3)22-26)42-35-17-11-10-16-32(35)40-33-20-18-27(2)23-36(33)41(31-14-8-5-9-15-31)37-24-30(25-38(42)39(37)40)29-12-6-4-7-13-29/h5,8-11,14-25,29H,4,6-7,12-13H2,1-3H3. The first-order chi connectivity index (χ1) is 20.6. The zero-order valence-electron chi connectivity index (χ0n) is 24.9. The van der Waals surface area contributed by atoms with E-state index in [9.17, 15) is 0 Å². The van der Waals surface area contributed by atoms with Crippen LogP contribution in [-0.4, -0.2) is 6.71 Å². The molecule has 0 aromatic heterocycles. The predicted molar refractivity (Wildman–Crippen MR) is 181 cm³/mol. The summed E-state index contributed by atoms with van der Waals surface area (Å²) in [7, 11) is 0. The maximum absolute atomic E-state index is 2.58. The van der Waals surface area contributed by atoms with Gasteiger partial charge in [-0.3, -0.25) is 0 Å². The molecule has 1 aliphatic carbocycles. The minimum absolute atomic E-state index is 0.184. The number of hydrogen-bond acceptors (Lipinski definition) is 2. The molecule has 0 atom stereocenters. The van der Waals surface area contributed by atoms with Crippen molar-refractivity contribution >= 4 is 57.2 Å². The summed E-state index contributed by atoms with van der Waals surface area (Å²) in [4.78, 5) is 5.13. The zero-order chi connectivity index (χ0) is 28.4. The number of rotatable bonds is 3. The first-order valence-corrected chi connectivity index (χ1v) is 15.7. The van der Waals surface area contributed by atoms with E-state index in [1.54, 1.807) is 0 Å². The number of fused-ring (bicyclic) bond motifs is 4. The van der Waals surface area contributed by atoms with E-state index >= 15 is 0 Å². The molecule has 3 heteroatoms. The van der Waals surface area contributed by atoms with Crippen molar-refractivity contribution in [1.29, 1.82) is 0 Å². The van der Waals surface area contributed by atoms with Crippen molar-refractivity contribution < 1.29 is 0 Å². The van der Waals surface area contributed by atoms with Crippen LogP contribution in [0.4, 0.5) is 34.1 Å². The molecule has 8 rings (SSSR count). The summed E-state index contributed by atoms with van der Waals surface area (Å²) in [5.41, 5.74) is 17.4. The molecule has 2 heterocycles. The second kappa shape index (κ2) is 9.95. The molecule has 0 radical (unpaired) electrons. The molecule has 206 valence electrons. The van der Waals surface area contributed by atoms with E-state index in [2.05, 4.69) is 134 Å². The van der Waals surface area contributed by atoms with Crippen LogP contribution < -0.4 is 26.2 Å². The number of anilines is 6. The largest absolute Gasteiger partial charge is 0.311 e. The Bertz CT molecular complexity index is 1820. The number of para-hydroxylation sites is 2. The van der Waals surface area contributed by atoms with Crippen LogP contribution in [0, 0.1) is 20.8 Å². The molecule has 5 aromatic carbocycles. The van der Waals surface area contributed by atoms with Gasteiger partial charge < -0.3 is 9.80 Å². The molecule has 0 saturated heterocycles. The monoisotopic (exact) mass is 544 g/mol. The van der Waals surface area contributed by atoms with E-state index in [1.807, 2.05) is 0 Å². The van der Waals surface area contributed by atoms with Gasteiger partial charge >= 0.3 is 0 Å². The lowest BCUT2D eigenvalue weighted by Gasteiger charge is -2.45. The van der Waals surface area contributed by atoms with Crippen molar-refractivity contribution in [3.8, 4) is 0 Å². The Kier molecular flexibility index (Phi) is 6.03. The van der Waals surface area contributed by atoms with E-state index in [4.69, 9.17) is 0 Å². The van der Waals surface area contributed by atoms with E-state index in [0.717, 1.165) is 0 Å². The molecule has 5 aromatic rings. The summed E-state index contributed by atoms with van der Waals surface area (Å²) in [6, 6.07) is 39.3. The Morgan fingerprint density at radius 3 is 2.00 bits per heavy atom. The van der Waals surface area contributed by atoms with Gasteiger partial charge in [0.1, 0.15) is 0 Å². The van der Waals surface area contributed by atoms with Gasteiger partial charge in [0.25, 0.3) is 6.71 Å². The van der Waals surface area contributed by atoms with Crippen molar-refractivity contribution in [3.05, 3.63) is 125 Å². The Labute approximate surface area is 250 Å². The summed E-state index contributed by atoms with van der Waals surface area (Å²) in [6.07, 6.45) is 6.58. The van der Waals surface area contributed by atoms with Gasteiger partial charge in [-0.05, 0) is 115 Å². The fraction of sp³-hybridized carbons (Fsp3) is 0.231. The molecule has 0 N–H and O–H groups in total. The fourth-order valence-corrected chi connectivity index (χ4v) is 7.92. The average Bonchev–Trinajstić information content (AvgIpc) is 3.02. The van der Waals surface area contributed by atoms with Crippen LogP contribution in [0.1, 0.15) is 60.3 Å². The number of hydrogen-bond donors (Lipinski definition) is 0. The molecular formula is C39H37BN2. The minimum Gasteiger partial charge on any atom is -0.311 e. The van der Waals surface area contributed by atoms with Crippen molar-refractivity contribution in [2.24, 2.45) is 0 Å². The average molecular weight is 545 g/mol. The van der Waals surface area contributed by atoms with Gasteiger partial charge in [-0.25, -0.2) is 0 Å². The molecular weight excluding hydrogens is 507 g/mol. The van der Waals surface area contributed by atoms with Gasteiger partial charge in [0.05, 0.1) is 0 Å². The Morgan fingerprint density at radius 2 is 1.21 bits per heavy atom. The quantitative estimate of drug-likeness (QED) is 0.205. The first-order valence-electron chi connectivity index (χ1n) is 15.7. The summed E-state index contributed by atoms with van der Waals surface area (Å²) in [5, 5.41) is 0. The van der Waals surface area contributed by atoms with Crippen LogP contribution in [-0.2, 0) is 0 Å². The highest BCUT2D eigenvalue weighted by Crippen LogP contribution is 2.47. The second-order valence-corrected chi connectivity index (χ2v) is 12.7. The van der Waals surface area contributed by atoms with Gasteiger partial charge in [0.15, 0.2) is 0 Å². The number of nitrogens with zero attached hydrogens (tertiary/aromatic N) is 2. The topological polar surface area (TPSA) is 6.48 Å². The van der Waals surface area contributed by atoms with E-state index in [1.165, 1.54) is 105 Å². The lowest BCUT2D eigenvalue weighted by atomic mass is 9.33. The maximum Gasteiger partial charge on any atom is 0.252 e.